The molecule has 1 heteroatoms. The highest BCUT2D eigenvalue weighted by Gasteiger charge is 2.30. The summed E-state index contributed by atoms with van der Waals surface area (Å²) in [4.78, 5) is 0. The van der Waals surface area contributed by atoms with E-state index in [0.29, 0.717) is 23.2 Å². The summed E-state index contributed by atoms with van der Waals surface area (Å²) in [6, 6.07) is 0. The molecule has 3 atom stereocenters. The van der Waals surface area contributed by atoms with Crippen LogP contribution in [0.2, 0.25) is 0 Å². The number of rotatable bonds is 9. The Balaban J connectivity index is 2.02. The summed E-state index contributed by atoms with van der Waals surface area (Å²) < 4.78 is 0. The fourth-order valence-electron chi connectivity index (χ4n) is 4.32. The zero-order chi connectivity index (χ0) is 20.2. The molecule has 0 aromatic heterocycles. The van der Waals surface area contributed by atoms with E-state index >= 15 is 0 Å². The molecule has 2 rings (SSSR count). The van der Waals surface area contributed by atoms with Gasteiger partial charge in [-0.1, -0.05) is 83.6 Å². The van der Waals surface area contributed by atoms with E-state index in [1.54, 1.807) is 11.1 Å². The Morgan fingerprint density at radius 2 is 2.04 bits per heavy atom. The van der Waals surface area contributed by atoms with Gasteiger partial charge < -0.3 is 5.32 Å². The Hall–Kier alpha value is -1.50. The lowest BCUT2D eigenvalue weighted by atomic mass is 9.79. The van der Waals surface area contributed by atoms with Crippen LogP contribution in [0, 0.1) is 23.2 Å². The second-order valence-electron chi connectivity index (χ2n) is 9.72. The van der Waals surface area contributed by atoms with Crippen LogP contribution in [0.3, 0.4) is 0 Å². The molecule has 27 heavy (non-hydrogen) atoms. The third-order valence-electron chi connectivity index (χ3n) is 6.47. The van der Waals surface area contributed by atoms with Crippen LogP contribution in [0.15, 0.2) is 59.4 Å². The molecular weight excluding hydrogens is 326 g/mol. The fourth-order valence-corrected chi connectivity index (χ4v) is 4.32. The summed E-state index contributed by atoms with van der Waals surface area (Å²) in [6.45, 7) is 23.2. The molecule has 0 saturated heterocycles. The highest BCUT2D eigenvalue weighted by molar-refractivity contribution is 5.39. The second-order valence-corrected chi connectivity index (χ2v) is 9.72. The van der Waals surface area contributed by atoms with E-state index in [2.05, 4.69) is 78.2 Å². The summed E-state index contributed by atoms with van der Waals surface area (Å²) in [6.07, 6.45) is 13.1. The average Bonchev–Trinajstić information content (AvgIpc) is 2.98. The Labute approximate surface area is 168 Å². The monoisotopic (exact) mass is 367 g/mol. The summed E-state index contributed by atoms with van der Waals surface area (Å²) >= 11 is 0. The van der Waals surface area contributed by atoms with Crippen molar-refractivity contribution >= 4 is 0 Å². The van der Waals surface area contributed by atoms with Gasteiger partial charge in [0.05, 0.1) is 0 Å². The first kappa shape index (κ1) is 21.8. The van der Waals surface area contributed by atoms with E-state index in [0.717, 1.165) is 18.7 Å². The lowest BCUT2D eigenvalue weighted by Gasteiger charge is -2.27. The first-order valence-corrected chi connectivity index (χ1v) is 10.8. The normalized spacial score (nSPS) is 23.8. The molecule has 2 aliphatic rings. The number of nitrogens with one attached hydrogen (secondary N) is 1. The van der Waals surface area contributed by atoms with Gasteiger partial charge in [-0.05, 0) is 61.0 Å². The van der Waals surface area contributed by atoms with E-state index in [9.17, 15) is 0 Å². The van der Waals surface area contributed by atoms with Gasteiger partial charge in [-0.15, -0.1) is 0 Å². The third-order valence-corrected chi connectivity index (χ3v) is 6.47. The standard InChI is InChI=1S/C26H41N/c1-9-19(4)20(5)15-24(14-18(2)3)21(6)27-17-23-11-10-22-16-26(7,8)13-12-25(22)23/h12-13,15,19-20,23,27H,2,6,9-11,14,16-17H2,1,3-5,7-8H3/b24-15+. The van der Waals surface area contributed by atoms with Crippen LogP contribution in [-0.4, -0.2) is 6.54 Å². The van der Waals surface area contributed by atoms with Crippen molar-refractivity contribution in [2.24, 2.45) is 23.2 Å². The first-order valence-electron chi connectivity index (χ1n) is 10.8. The van der Waals surface area contributed by atoms with Crippen molar-refractivity contribution in [2.45, 2.75) is 73.6 Å². The van der Waals surface area contributed by atoms with E-state index in [4.69, 9.17) is 0 Å². The molecule has 150 valence electrons. The summed E-state index contributed by atoms with van der Waals surface area (Å²) in [5.74, 6) is 1.88. The minimum Gasteiger partial charge on any atom is -0.385 e. The van der Waals surface area contributed by atoms with Crippen LogP contribution in [-0.2, 0) is 0 Å². The van der Waals surface area contributed by atoms with E-state index in [-0.39, 0.29) is 0 Å². The molecule has 0 radical (unpaired) electrons. The molecule has 0 spiro atoms. The summed E-state index contributed by atoms with van der Waals surface area (Å²) in [7, 11) is 0. The molecule has 1 N–H and O–H groups in total. The quantitative estimate of drug-likeness (QED) is 0.331. The maximum absolute atomic E-state index is 4.38. The fraction of sp³-hybridized carbons (Fsp3) is 0.615. The molecule has 1 nitrogen and oxygen atoms in total. The van der Waals surface area contributed by atoms with Gasteiger partial charge in [-0.2, -0.15) is 0 Å². The highest BCUT2D eigenvalue weighted by atomic mass is 14.9. The lowest BCUT2D eigenvalue weighted by Crippen LogP contribution is -2.24. The smallest absolute Gasteiger partial charge is 0.0300 e. The topological polar surface area (TPSA) is 12.0 Å². The van der Waals surface area contributed by atoms with E-state index < -0.39 is 0 Å². The van der Waals surface area contributed by atoms with Crippen molar-refractivity contribution in [3.63, 3.8) is 0 Å². The van der Waals surface area contributed by atoms with Gasteiger partial charge in [0.15, 0.2) is 0 Å². The van der Waals surface area contributed by atoms with Gasteiger partial charge in [-0.3, -0.25) is 0 Å². The Morgan fingerprint density at radius 3 is 2.67 bits per heavy atom. The zero-order valence-corrected chi connectivity index (χ0v) is 18.6. The molecular formula is C26H41N. The molecule has 0 fully saturated rings. The van der Waals surface area contributed by atoms with Crippen LogP contribution >= 0.6 is 0 Å². The Kier molecular flexibility index (Phi) is 7.37. The SMILES string of the molecule is C=C(C)C/C(=C\C(C)C(C)CC)C(=C)NCC1CCC2=C1C=CC(C)(C)C2. The molecule has 0 aromatic carbocycles. The average molecular weight is 368 g/mol. The van der Waals surface area contributed by atoms with Crippen LogP contribution in [0.1, 0.15) is 73.6 Å². The van der Waals surface area contributed by atoms with Crippen molar-refractivity contribution in [3.8, 4) is 0 Å². The van der Waals surface area contributed by atoms with Gasteiger partial charge in [0.25, 0.3) is 0 Å². The molecule has 0 aromatic rings. The largest absolute Gasteiger partial charge is 0.385 e. The number of allylic oxidation sites excluding steroid dienone is 6. The minimum atomic E-state index is 0.328. The number of hydrogen-bond donors (Lipinski definition) is 1. The maximum Gasteiger partial charge on any atom is 0.0300 e. The van der Waals surface area contributed by atoms with Gasteiger partial charge in [-0.25, -0.2) is 0 Å². The van der Waals surface area contributed by atoms with Crippen LogP contribution in [0.5, 0.6) is 0 Å². The molecule has 0 heterocycles. The zero-order valence-electron chi connectivity index (χ0n) is 18.6. The van der Waals surface area contributed by atoms with E-state index in [1.165, 1.54) is 36.8 Å². The molecule has 3 unspecified atom stereocenters. The number of hydrogen-bond acceptors (Lipinski definition) is 1. The van der Waals surface area contributed by atoms with Crippen molar-refractivity contribution in [1.82, 2.24) is 5.32 Å². The van der Waals surface area contributed by atoms with Crippen LogP contribution < -0.4 is 5.32 Å². The van der Waals surface area contributed by atoms with Crippen LogP contribution in [0.4, 0.5) is 0 Å². The Morgan fingerprint density at radius 1 is 1.33 bits per heavy atom. The predicted octanol–water partition coefficient (Wildman–Crippen LogP) is 7.36. The van der Waals surface area contributed by atoms with Gasteiger partial charge in [0.2, 0.25) is 0 Å². The second kappa shape index (κ2) is 9.13. The van der Waals surface area contributed by atoms with Gasteiger partial charge in [0, 0.05) is 18.2 Å². The summed E-state index contributed by atoms with van der Waals surface area (Å²) in [5.41, 5.74) is 7.21. The van der Waals surface area contributed by atoms with E-state index in [1.807, 2.05) is 0 Å². The predicted molar refractivity (Wildman–Crippen MR) is 121 cm³/mol. The molecule has 0 bridgehead atoms. The maximum atomic E-state index is 4.38. The van der Waals surface area contributed by atoms with Crippen molar-refractivity contribution in [3.05, 3.63) is 59.4 Å². The van der Waals surface area contributed by atoms with Gasteiger partial charge >= 0.3 is 0 Å². The minimum absolute atomic E-state index is 0.328. The van der Waals surface area contributed by atoms with Crippen LogP contribution in [0.25, 0.3) is 0 Å². The van der Waals surface area contributed by atoms with Crippen molar-refractivity contribution < 1.29 is 0 Å². The Bertz CT molecular complexity index is 656. The van der Waals surface area contributed by atoms with Crippen molar-refractivity contribution in [2.75, 3.05) is 6.54 Å². The highest BCUT2D eigenvalue weighted by Crippen LogP contribution is 2.43. The lowest BCUT2D eigenvalue weighted by molar-refractivity contribution is 0.444. The summed E-state index contributed by atoms with van der Waals surface area (Å²) in [5, 5.41) is 3.67. The third kappa shape index (κ3) is 5.99. The van der Waals surface area contributed by atoms with Gasteiger partial charge in [0.1, 0.15) is 0 Å². The first-order chi connectivity index (χ1) is 12.6. The molecule has 0 saturated carbocycles. The molecule has 0 amide bonds. The molecule has 0 aliphatic heterocycles. The molecule has 2 aliphatic carbocycles. The van der Waals surface area contributed by atoms with Crippen molar-refractivity contribution in [1.29, 1.82) is 0 Å².